The number of alkyl halides is 3. The van der Waals surface area contributed by atoms with E-state index in [2.05, 4.69) is 20.9 Å². The Kier molecular flexibility index (Phi) is 9.02. The Morgan fingerprint density at radius 3 is 2.33 bits per heavy atom. The number of ether oxygens (including phenoxy) is 1. The van der Waals surface area contributed by atoms with Gasteiger partial charge in [0.25, 0.3) is 0 Å². The van der Waals surface area contributed by atoms with Gasteiger partial charge in [-0.15, -0.1) is 0 Å². The van der Waals surface area contributed by atoms with Gasteiger partial charge < -0.3 is 4.74 Å². The monoisotopic (exact) mass is 669 g/mol. The van der Waals surface area contributed by atoms with Crippen LogP contribution in [-0.2, 0) is 14.9 Å². The Hall–Kier alpha value is -1.35. The van der Waals surface area contributed by atoms with Gasteiger partial charge in [-0.25, -0.2) is 4.39 Å². The van der Waals surface area contributed by atoms with Crippen molar-refractivity contribution in [1.29, 1.82) is 0 Å². The van der Waals surface area contributed by atoms with Crippen molar-refractivity contribution in [3.05, 3.63) is 66.8 Å². The molecule has 1 aliphatic heterocycles. The zero-order valence-electron chi connectivity index (χ0n) is 21.4. The van der Waals surface area contributed by atoms with Gasteiger partial charge in [-0.05, 0) is 81.9 Å². The van der Waals surface area contributed by atoms with Crippen molar-refractivity contribution in [2.75, 3.05) is 6.54 Å². The van der Waals surface area contributed by atoms with E-state index < -0.39 is 41.9 Å². The fourth-order valence-electron chi connectivity index (χ4n) is 5.81. The minimum atomic E-state index is -4.98. The van der Waals surface area contributed by atoms with Gasteiger partial charge in [-0.1, -0.05) is 68.1 Å². The third-order valence-corrected chi connectivity index (χ3v) is 9.75. The van der Waals surface area contributed by atoms with Crippen molar-refractivity contribution in [2.45, 2.75) is 57.7 Å². The predicted octanol–water partition coefficient (Wildman–Crippen LogP) is 9.47. The normalized spacial score (nSPS) is 27.5. The first kappa shape index (κ1) is 30.6. The first-order valence-corrected chi connectivity index (χ1v) is 14.5. The number of halogens is 8. The van der Waals surface area contributed by atoms with Crippen LogP contribution in [0.2, 0.25) is 15.1 Å². The highest BCUT2D eigenvalue weighted by atomic mass is 79.9. The second-order valence-electron chi connectivity index (χ2n) is 10.8. The van der Waals surface area contributed by atoms with Gasteiger partial charge >= 0.3 is 12.1 Å². The molecule has 2 aromatic rings. The van der Waals surface area contributed by atoms with Crippen molar-refractivity contribution in [3.8, 4) is 0 Å². The molecule has 0 saturated heterocycles. The smallest absolute Gasteiger partial charge is 0.401 e. The highest BCUT2D eigenvalue weighted by Gasteiger charge is 2.67. The molecule has 0 amide bonds. The highest BCUT2D eigenvalue weighted by Crippen LogP contribution is 2.53. The summed E-state index contributed by atoms with van der Waals surface area (Å²) >= 11 is 21.5. The molecule has 3 nitrogen and oxygen atoms in total. The predicted molar refractivity (Wildman–Crippen MR) is 149 cm³/mol. The van der Waals surface area contributed by atoms with Gasteiger partial charge in [-0.3, -0.25) is 9.79 Å². The number of rotatable bonds is 5. The van der Waals surface area contributed by atoms with Gasteiger partial charge in [0.05, 0.1) is 31.8 Å². The molecular formula is C28H27BrCl3F4NO2. The van der Waals surface area contributed by atoms with Crippen molar-refractivity contribution < 1.29 is 27.1 Å². The van der Waals surface area contributed by atoms with E-state index >= 15 is 13.2 Å². The Morgan fingerprint density at radius 2 is 1.77 bits per heavy atom. The van der Waals surface area contributed by atoms with Gasteiger partial charge in [0.15, 0.2) is 0 Å². The number of aliphatic imine (C=N–C) groups is 1. The van der Waals surface area contributed by atoms with Gasteiger partial charge in [0, 0.05) is 0 Å². The van der Waals surface area contributed by atoms with E-state index in [0.29, 0.717) is 6.42 Å². The van der Waals surface area contributed by atoms with E-state index in [-0.39, 0.29) is 54.1 Å². The largest absolute Gasteiger partial charge is 0.462 e. The molecule has 1 fully saturated rings. The molecule has 0 spiro atoms. The van der Waals surface area contributed by atoms with Crippen LogP contribution < -0.4 is 0 Å². The second kappa shape index (κ2) is 11.5. The van der Waals surface area contributed by atoms with E-state index in [9.17, 15) is 9.18 Å². The van der Waals surface area contributed by atoms with E-state index in [0.717, 1.165) is 31.0 Å². The van der Waals surface area contributed by atoms with Crippen molar-refractivity contribution in [1.82, 2.24) is 0 Å². The molecule has 212 valence electrons. The SMILES string of the molecule is CC1CCC(C(C)C)C(OC(=O)C2C(c3ccc(F)c(Br)c3)=NCC2(c2cc(Cl)c(Cl)c(Cl)c2)C(F)(F)F)C1. The summed E-state index contributed by atoms with van der Waals surface area (Å²) in [7, 11) is 0. The Bertz CT molecular complexity index is 1280. The average molecular weight is 672 g/mol. The zero-order valence-corrected chi connectivity index (χ0v) is 25.2. The Balaban J connectivity index is 1.88. The lowest BCUT2D eigenvalue weighted by molar-refractivity contribution is -0.204. The van der Waals surface area contributed by atoms with Crippen LogP contribution in [0.3, 0.4) is 0 Å². The molecule has 1 saturated carbocycles. The van der Waals surface area contributed by atoms with Crippen molar-refractivity contribution in [2.24, 2.45) is 28.7 Å². The summed E-state index contributed by atoms with van der Waals surface area (Å²) in [5, 5.41) is -0.473. The molecule has 2 aromatic carbocycles. The molecular weight excluding hydrogens is 645 g/mol. The van der Waals surface area contributed by atoms with Crippen LogP contribution in [-0.4, -0.2) is 30.5 Å². The number of benzene rings is 2. The zero-order chi connectivity index (χ0) is 28.9. The van der Waals surface area contributed by atoms with Gasteiger partial charge in [-0.2, -0.15) is 13.2 Å². The summed E-state index contributed by atoms with van der Waals surface area (Å²) in [6.07, 6.45) is -3.22. The van der Waals surface area contributed by atoms with E-state index in [4.69, 9.17) is 39.5 Å². The lowest BCUT2D eigenvalue weighted by Crippen LogP contribution is -2.54. The third kappa shape index (κ3) is 5.73. The molecule has 39 heavy (non-hydrogen) atoms. The number of hydrogen-bond acceptors (Lipinski definition) is 3. The number of nitrogens with zero attached hydrogens (tertiary/aromatic N) is 1. The van der Waals surface area contributed by atoms with Gasteiger partial charge in [0.1, 0.15) is 23.3 Å². The number of hydrogen-bond donors (Lipinski definition) is 0. The Morgan fingerprint density at radius 1 is 1.13 bits per heavy atom. The molecule has 0 radical (unpaired) electrons. The lowest BCUT2D eigenvalue weighted by Gasteiger charge is -2.40. The fourth-order valence-corrected chi connectivity index (χ4v) is 6.78. The molecule has 0 N–H and O–H groups in total. The molecule has 5 unspecified atom stereocenters. The molecule has 5 atom stereocenters. The quantitative estimate of drug-likeness (QED) is 0.181. The molecule has 1 heterocycles. The van der Waals surface area contributed by atoms with Crippen LogP contribution in [0.5, 0.6) is 0 Å². The maximum Gasteiger partial charge on any atom is 0.401 e. The summed E-state index contributed by atoms with van der Waals surface area (Å²) in [6, 6.07) is 5.85. The summed E-state index contributed by atoms with van der Waals surface area (Å²) in [5.74, 6) is -3.12. The van der Waals surface area contributed by atoms with Crippen LogP contribution in [0.1, 0.15) is 51.2 Å². The summed E-state index contributed by atoms with van der Waals surface area (Å²) in [4.78, 5) is 18.3. The summed E-state index contributed by atoms with van der Waals surface area (Å²) in [5.41, 5.74) is -3.18. The average Bonchev–Trinajstić information content (AvgIpc) is 3.26. The first-order chi connectivity index (χ1) is 18.2. The van der Waals surface area contributed by atoms with Crippen LogP contribution in [0.4, 0.5) is 17.6 Å². The van der Waals surface area contributed by atoms with Crippen LogP contribution in [0, 0.1) is 29.5 Å². The maximum absolute atomic E-state index is 15.3. The van der Waals surface area contributed by atoms with Crippen molar-refractivity contribution in [3.63, 3.8) is 0 Å². The van der Waals surface area contributed by atoms with Crippen LogP contribution >= 0.6 is 50.7 Å². The third-order valence-electron chi connectivity index (χ3n) is 7.95. The minimum absolute atomic E-state index is 0.00612. The standard InChI is InChI=1S/C28H27BrCl3F4NO2/c1-13(2)17-6-4-14(3)8-22(17)39-26(38)23-25(15-5-7-21(33)18(29)9-15)37-12-27(23,28(34,35)36)16-10-19(30)24(32)20(31)11-16/h5,7,9-11,13-14,17,22-23H,4,6,8,12H2,1-3H3. The molecule has 0 aromatic heterocycles. The fraction of sp³-hybridized carbons (Fsp3) is 0.500. The van der Waals surface area contributed by atoms with Crippen LogP contribution in [0.15, 0.2) is 39.8 Å². The molecule has 11 heteroatoms. The minimum Gasteiger partial charge on any atom is -0.462 e. The van der Waals surface area contributed by atoms with E-state index in [1.54, 1.807) is 0 Å². The summed E-state index contributed by atoms with van der Waals surface area (Å²) in [6.45, 7) is 5.24. The molecule has 2 aliphatic rings. The lowest BCUT2D eigenvalue weighted by atomic mass is 9.68. The number of carbonyl (C=O) groups is 1. The van der Waals surface area contributed by atoms with Crippen molar-refractivity contribution >= 4 is 62.4 Å². The Labute approximate surface area is 248 Å². The first-order valence-electron chi connectivity index (χ1n) is 12.6. The molecule has 1 aliphatic carbocycles. The number of carbonyl (C=O) groups excluding carboxylic acids is 1. The highest BCUT2D eigenvalue weighted by molar-refractivity contribution is 9.10. The van der Waals surface area contributed by atoms with E-state index in [1.165, 1.54) is 12.1 Å². The topological polar surface area (TPSA) is 38.7 Å². The summed E-state index contributed by atoms with van der Waals surface area (Å²) < 4.78 is 65.9. The van der Waals surface area contributed by atoms with Crippen LogP contribution in [0.25, 0.3) is 0 Å². The van der Waals surface area contributed by atoms with E-state index in [1.807, 2.05) is 20.8 Å². The molecule has 4 rings (SSSR count). The molecule has 0 bridgehead atoms. The maximum atomic E-state index is 15.3. The van der Waals surface area contributed by atoms with Gasteiger partial charge in [0.2, 0.25) is 0 Å². The second-order valence-corrected chi connectivity index (χ2v) is 12.8. The number of esters is 1.